The van der Waals surface area contributed by atoms with E-state index in [4.69, 9.17) is 14.4 Å². The molecule has 292 valence electrons. The van der Waals surface area contributed by atoms with E-state index in [0.717, 1.165) is 78.9 Å². The maximum atomic E-state index is 6.66. The highest BCUT2D eigenvalue weighted by Gasteiger charge is 2.38. The second kappa shape index (κ2) is 12.2. The number of benzene rings is 8. The molecule has 5 heteroatoms. The molecule has 5 nitrogen and oxygen atoms in total. The summed E-state index contributed by atoms with van der Waals surface area (Å²) in [5.41, 5.74) is 12.8. The normalized spacial score (nSPS) is 15.0. The number of aromatic nitrogens is 4. The Morgan fingerprint density at radius 3 is 1.89 bits per heavy atom. The molecule has 0 saturated heterocycles. The Balaban J connectivity index is 1.20. The molecule has 0 unspecified atom stereocenters. The lowest BCUT2D eigenvalue weighted by atomic mass is 9.63. The lowest BCUT2D eigenvalue weighted by Gasteiger charge is -2.42. The molecule has 0 spiro atoms. The molecule has 4 aromatic heterocycles. The van der Waals surface area contributed by atoms with Crippen molar-refractivity contribution in [3.8, 4) is 22.9 Å². The molecule has 0 radical (unpaired) electrons. The number of furan rings is 1. The molecule has 0 fully saturated rings. The molecule has 8 aromatic carbocycles. The van der Waals surface area contributed by atoms with Gasteiger partial charge in [-0.05, 0) is 106 Å². The second-order valence-corrected chi connectivity index (χ2v) is 18.5. The summed E-state index contributed by atoms with van der Waals surface area (Å²) >= 11 is 0. The average Bonchev–Trinajstić information content (AvgIpc) is 3.94. The fourth-order valence-electron chi connectivity index (χ4n) is 10.6. The first-order valence-corrected chi connectivity index (χ1v) is 21.5. The van der Waals surface area contributed by atoms with E-state index in [2.05, 4.69) is 182 Å². The van der Waals surface area contributed by atoms with Crippen molar-refractivity contribution < 1.29 is 4.42 Å². The van der Waals surface area contributed by atoms with Gasteiger partial charge in [0.2, 0.25) is 5.95 Å². The van der Waals surface area contributed by atoms with Gasteiger partial charge >= 0.3 is 0 Å². The Morgan fingerprint density at radius 2 is 1.08 bits per heavy atom. The van der Waals surface area contributed by atoms with Crippen molar-refractivity contribution in [3.63, 3.8) is 0 Å². The number of hydrogen-bond donors (Lipinski definition) is 0. The van der Waals surface area contributed by atoms with E-state index in [1.165, 1.54) is 43.7 Å². The number of fused-ring (bicyclic) bond motifs is 13. The van der Waals surface area contributed by atoms with Crippen LogP contribution in [0, 0.1) is 0 Å². The molecule has 0 saturated carbocycles. The molecule has 0 bridgehead atoms. The third kappa shape index (κ3) is 4.89. The zero-order chi connectivity index (χ0) is 40.8. The van der Waals surface area contributed by atoms with E-state index < -0.39 is 0 Å². The van der Waals surface area contributed by atoms with Crippen molar-refractivity contribution in [3.05, 3.63) is 169 Å². The Hall–Kier alpha value is -7.24. The van der Waals surface area contributed by atoms with Crippen LogP contribution in [-0.4, -0.2) is 19.1 Å². The number of nitrogens with zero attached hydrogens (tertiary/aromatic N) is 4. The molecule has 0 atom stereocenters. The molecule has 0 N–H and O–H groups in total. The van der Waals surface area contributed by atoms with Crippen LogP contribution in [0.4, 0.5) is 0 Å². The topological polar surface area (TPSA) is 48.8 Å². The zero-order valence-electron chi connectivity index (χ0n) is 34.6. The van der Waals surface area contributed by atoms with Crippen LogP contribution in [0.2, 0.25) is 0 Å². The molecule has 61 heavy (non-hydrogen) atoms. The summed E-state index contributed by atoms with van der Waals surface area (Å²) in [5.74, 6) is 0.616. The first-order chi connectivity index (χ1) is 29.7. The van der Waals surface area contributed by atoms with Gasteiger partial charge in [-0.3, -0.25) is 4.57 Å². The van der Waals surface area contributed by atoms with Gasteiger partial charge in [0.1, 0.15) is 16.8 Å². The van der Waals surface area contributed by atoms with Crippen molar-refractivity contribution in [2.45, 2.75) is 51.4 Å². The molecule has 12 aromatic rings. The minimum absolute atomic E-state index is 0.0634. The van der Waals surface area contributed by atoms with Gasteiger partial charge in [-0.15, -0.1) is 0 Å². The van der Waals surface area contributed by atoms with Gasteiger partial charge in [-0.25, -0.2) is 9.97 Å². The molecule has 13 rings (SSSR count). The lowest BCUT2D eigenvalue weighted by molar-refractivity contribution is 0.332. The van der Waals surface area contributed by atoms with Crippen LogP contribution in [-0.2, 0) is 10.8 Å². The Labute approximate surface area is 352 Å². The summed E-state index contributed by atoms with van der Waals surface area (Å²) in [6.07, 6.45) is 2.32. The minimum atomic E-state index is 0.0634. The summed E-state index contributed by atoms with van der Waals surface area (Å²) in [4.78, 5) is 11.1. The van der Waals surface area contributed by atoms with Gasteiger partial charge < -0.3 is 8.98 Å². The monoisotopic (exact) mass is 786 g/mol. The molecule has 4 heterocycles. The standard InChI is InChI=1S/C56H42N4O/c1-55(2)26-27-56(3,4)45-32-48-41(29-44(45)55)43-31-47-42(30-46(43)59(48)37-17-6-5-7-18-37)39-25-24-34-15-10-11-19-38(34)52(39)60(47)54-57-50(36-23-22-33-14-8-9-16-35(33)28-36)53-51(58-54)40-20-12-13-21-49(40)61-53/h5-25,28-32H,26-27H2,1-4H3. The van der Waals surface area contributed by atoms with E-state index in [0.29, 0.717) is 11.5 Å². The predicted octanol–water partition coefficient (Wildman–Crippen LogP) is 14.9. The fraction of sp³-hybridized carbons (Fsp3) is 0.143. The third-order valence-electron chi connectivity index (χ3n) is 14.0. The van der Waals surface area contributed by atoms with Crippen LogP contribution in [0.25, 0.3) is 110 Å². The maximum Gasteiger partial charge on any atom is 0.236 e. The van der Waals surface area contributed by atoms with Crippen molar-refractivity contribution in [2.75, 3.05) is 0 Å². The Kier molecular flexibility index (Phi) is 6.91. The van der Waals surface area contributed by atoms with Crippen molar-refractivity contribution in [1.29, 1.82) is 0 Å². The van der Waals surface area contributed by atoms with Crippen LogP contribution in [0.1, 0.15) is 51.7 Å². The Bertz CT molecular complexity index is 3820. The van der Waals surface area contributed by atoms with Crippen LogP contribution in [0.5, 0.6) is 0 Å². The summed E-state index contributed by atoms with van der Waals surface area (Å²) in [5, 5.41) is 10.4. The fourth-order valence-corrected chi connectivity index (χ4v) is 10.6. The van der Waals surface area contributed by atoms with E-state index >= 15 is 0 Å². The van der Waals surface area contributed by atoms with Gasteiger partial charge in [0.05, 0.1) is 22.1 Å². The zero-order valence-corrected chi connectivity index (χ0v) is 34.6. The molecular formula is C56H42N4O. The highest BCUT2D eigenvalue weighted by Crippen LogP contribution is 2.50. The highest BCUT2D eigenvalue weighted by molar-refractivity contribution is 6.23. The summed E-state index contributed by atoms with van der Waals surface area (Å²) < 4.78 is 11.5. The molecule has 1 aliphatic rings. The summed E-state index contributed by atoms with van der Waals surface area (Å²) in [7, 11) is 0. The van der Waals surface area contributed by atoms with Crippen LogP contribution < -0.4 is 0 Å². The van der Waals surface area contributed by atoms with E-state index in [9.17, 15) is 0 Å². The van der Waals surface area contributed by atoms with Crippen LogP contribution >= 0.6 is 0 Å². The highest BCUT2D eigenvalue weighted by atomic mass is 16.3. The molecule has 0 aliphatic heterocycles. The van der Waals surface area contributed by atoms with Crippen molar-refractivity contribution >= 4 is 87.2 Å². The van der Waals surface area contributed by atoms with Gasteiger partial charge in [0.25, 0.3) is 0 Å². The number of rotatable bonds is 3. The number of hydrogen-bond acceptors (Lipinski definition) is 3. The number of para-hydroxylation sites is 2. The van der Waals surface area contributed by atoms with Crippen molar-refractivity contribution in [1.82, 2.24) is 19.1 Å². The molecule has 0 amide bonds. The van der Waals surface area contributed by atoms with Gasteiger partial charge in [-0.1, -0.05) is 131 Å². The van der Waals surface area contributed by atoms with E-state index in [1.54, 1.807) is 0 Å². The van der Waals surface area contributed by atoms with Crippen molar-refractivity contribution in [2.24, 2.45) is 0 Å². The van der Waals surface area contributed by atoms with Gasteiger partial charge in [0, 0.05) is 43.6 Å². The average molecular weight is 787 g/mol. The maximum absolute atomic E-state index is 6.66. The van der Waals surface area contributed by atoms with E-state index in [1.807, 2.05) is 12.1 Å². The first-order valence-electron chi connectivity index (χ1n) is 21.5. The quantitative estimate of drug-likeness (QED) is 0.179. The minimum Gasteiger partial charge on any atom is -0.452 e. The summed E-state index contributed by atoms with van der Waals surface area (Å²) in [6.45, 7) is 9.68. The van der Waals surface area contributed by atoms with Gasteiger partial charge in [0.15, 0.2) is 5.58 Å². The summed E-state index contributed by atoms with van der Waals surface area (Å²) in [6, 6.07) is 57.2. The Morgan fingerprint density at radius 1 is 0.475 bits per heavy atom. The lowest BCUT2D eigenvalue weighted by Crippen LogP contribution is -2.33. The predicted molar refractivity (Wildman–Crippen MR) is 254 cm³/mol. The SMILES string of the molecule is CC1(C)CCC(C)(C)c2cc3c(cc21)c1cc2c(cc1n3-c1ccccc1)c1ccc3ccccc3c1n2-c1nc(-c2ccc3ccccc3c2)c2oc3ccccc3c2n1. The molecule has 1 aliphatic carbocycles. The van der Waals surface area contributed by atoms with Gasteiger partial charge in [-0.2, -0.15) is 0 Å². The smallest absolute Gasteiger partial charge is 0.236 e. The third-order valence-corrected chi connectivity index (χ3v) is 14.0. The van der Waals surface area contributed by atoms with Crippen LogP contribution in [0.15, 0.2) is 162 Å². The second-order valence-electron chi connectivity index (χ2n) is 18.5. The molecular weight excluding hydrogens is 745 g/mol. The van der Waals surface area contributed by atoms with E-state index in [-0.39, 0.29) is 10.8 Å². The van der Waals surface area contributed by atoms with Crippen LogP contribution in [0.3, 0.4) is 0 Å². The largest absolute Gasteiger partial charge is 0.452 e. The first kappa shape index (κ1) is 34.6.